The molecule has 3 heteroatoms. The van der Waals surface area contributed by atoms with Crippen molar-refractivity contribution < 1.29 is 8.83 Å². The highest BCUT2D eigenvalue weighted by Gasteiger charge is 2.36. The number of fused-ring (bicyclic) bond motifs is 14. The molecular weight excluding hydrogens is 611 g/mol. The largest absolute Gasteiger partial charge is 0.455 e. The fourth-order valence-electron chi connectivity index (χ4n) is 8.62. The molecule has 0 atom stereocenters. The SMILES string of the molecule is CC1(C)c2ccccc2-c2ccc(N(c3ccc4ccccc4c3)c3ccc4c(c3)c3oc5ccccc5c3c3oc5ccccc5c43)cc21. The van der Waals surface area contributed by atoms with Crippen molar-refractivity contribution in [2.24, 2.45) is 0 Å². The van der Waals surface area contributed by atoms with Gasteiger partial charge in [0.25, 0.3) is 0 Å². The lowest BCUT2D eigenvalue weighted by molar-refractivity contribution is 0.660. The molecule has 0 saturated heterocycles. The van der Waals surface area contributed by atoms with Crippen LogP contribution in [0.1, 0.15) is 25.0 Å². The molecule has 0 amide bonds. The van der Waals surface area contributed by atoms with Gasteiger partial charge in [-0.2, -0.15) is 0 Å². The van der Waals surface area contributed by atoms with Crippen molar-refractivity contribution in [2.45, 2.75) is 19.3 Å². The third kappa shape index (κ3) is 3.69. The van der Waals surface area contributed by atoms with Gasteiger partial charge in [0.05, 0.1) is 5.39 Å². The van der Waals surface area contributed by atoms with Crippen LogP contribution in [-0.4, -0.2) is 0 Å². The topological polar surface area (TPSA) is 29.5 Å². The Kier molecular flexibility index (Phi) is 5.45. The van der Waals surface area contributed by atoms with Gasteiger partial charge in [-0.1, -0.05) is 117 Å². The number of benzene rings is 8. The quantitative estimate of drug-likeness (QED) is 0.192. The average molecular weight is 642 g/mol. The third-order valence-corrected chi connectivity index (χ3v) is 11.0. The Labute approximate surface area is 288 Å². The van der Waals surface area contributed by atoms with Gasteiger partial charge in [0, 0.05) is 44.0 Å². The monoisotopic (exact) mass is 641 g/mol. The molecule has 11 rings (SSSR count). The molecule has 0 spiro atoms. The minimum absolute atomic E-state index is 0.116. The van der Waals surface area contributed by atoms with E-state index in [-0.39, 0.29) is 5.41 Å². The van der Waals surface area contributed by atoms with Crippen LogP contribution in [0.3, 0.4) is 0 Å². The van der Waals surface area contributed by atoms with Gasteiger partial charge < -0.3 is 13.7 Å². The molecule has 1 aliphatic rings. The van der Waals surface area contributed by atoms with Crippen LogP contribution in [0, 0.1) is 0 Å². The zero-order valence-corrected chi connectivity index (χ0v) is 27.7. The van der Waals surface area contributed by atoms with Crippen molar-refractivity contribution in [3.63, 3.8) is 0 Å². The Morgan fingerprint density at radius 3 is 1.86 bits per heavy atom. The predicted molar refractivity (Wildman–Crippen MR) is 208 cm³/mol. The van der Waals surface area contributed by atoms with Crippen molar-refractivity contribution in [3.05, 3.63) is 163 Å². The number of hydrogen-bond donors (Lipinski definition) is 0. The Bertz CT molecular complexity index is 3030. The first-order chi connectivity index (χ1) is 24.5. The van der Waals surface area contributed by atoms with E-state index in [0.29, 0.717) is 0 Å². The second kappa shape index (κ2) is 9.87. The normalized spacial score (nSPS) is 13.6. The van der Waals surface area contributed by atoms with Crippen molar-refractivity contribution in [1.29, 1.82) is 0 Å². The Morgan fingerprint density at radius 2 is 1.02 bits per heavy atom. The van der Waals surface area contributed by atoms with Gasteiger partial charge in [0.2, 0.25) is 0 Å². The maximum atomic E-state index is 6.72. The van der Waals surface area contributed by atoms with E-state index in [2.05, 4.69) is 152 Å². The highest BCUT2D eigenvalue weighted by molar-refractivity contribution is 6.33. The van der Waals surface area contributed by atoms with Crippen LogP contribution in [0.5, 0.6) is 0 Å². The number of rotatable bonds is 3. The molecule has 0 aliphatic heterocycles. The average Bonchev–Trinajstić information content (AvgIpc) is 3.80. The fourth-order valence-corrected chi connectivity index (χ4v) is 8.62. The Morgan fingerprint density at radius 1 is 0.420 bits per heavy atom. The summed E-state index contributed by atoms with van der Waals surface area (Å²) in [5, 5.41) is 8.91. The summed E-state index contributed by atoms with van der Waals surface area (Å²) in [6, 6.07) is 54.6. The minimum atomic E-state index is -0.116. The molecule has 0 radical (unpaired) electrons. The van der Waals surface area contributed by atoms with Gasteiger partial charge in [-0.05, 0) is 86.9 Å². The number of hydrogen-bond acceptors (Lipinski definition) is 3. The van der Waals surface area contributed by atoms with E-state index in [1.807, 2.05) is 18.2 Å². The number of furan rings is 2. The first kappa shape index (κ1) is 27.6. The summed E-state index contributed by atoms with van der Waals surface area (Å²) in [5.41, 5.74) is 12.0. The molecule has 0 N–H and O–H groups in total. The molecule has 2 heterocycles. The smallest absolute Gasteiger partial charge is 0.147 e. The maximum Gasteiger partial charge on any atom is 0.147 e. The molecule has 0 saturated carbocycles. The summed E-state index contributed by atoms with van der Waals surface area (Å²) in [7, 11) is 0. The maximum absolute atomic E-state index is 6.72. The number of nitrogens with zero attached hydrogens (tertiary/aromatic N) is 1. The minimum Gasteiger partial charge on any atom is -0.455 e. The van der Waals surface area contributed by atoms with Crippen LogP contribution in [0.15, 0.2) is 160 Å². The molecule has 0 fully saturated rings. The lowest BCUT2D eigenvalue weighted by atomic mass is 9.82. The van der Waals surface area contributed by atoms with Crippen molar-refractivity contribution in [2.75, 3.05) is 4.90 Å². The van der Waals surface area contributed by atoms with Crippen LogP contribution in [0.2, 0.25) is 0 Å². The van der Waals surface area contributed by atoms with Crippen LogP contribution < -0.4 is 4.90 Å². The zero-order valence-electron chi connectivity index (χ0n) is 27.7. The number of para-hydroxylation sites is 2. The van der Waals surface area contributed by atoms with Crippen molar-refractivity contribution >= 4 is 82.5 Å². The van der Waals surface area contributed by atoms with E-state index in [1.165, 1.54) is 33.0 Å². The van der Waals surface area contributed by atoms with Crippen LogP contribution in [0.25, 0.3) is 76.5 Å². The second-order valence-corrected chi connectivity index (χ2v) is 14.1. The Hall–Kier alpha value is -6.32. The van der Waals surface area contributed by atoms with Crippen molar-refractivity contribution in [1.82, 2.24) is 0 Å². The van der Waals surface area contributed by atoms with Gasteiger partial charge in [-0.15, -0.1) is 0 Å². The lowest BCUT2D eigenvalue weighted by Crippen LogP contribution is -2.16. The van der Waals surface area contributed by atoms with Crippen molar-refractivity contribution in [3.8, 4) is 11.1 Å². The second-order valence-electron chi connectivity index (χ2n) is 14.1. The summed E-state index contributed by atoms with van der Waals surface area (Å²) in [4.78, 5) is 2.40. The Balaban J connectivity index is 1.22. The molecule has 1 aliphatic carbocycles. The molecule has 0 bridgehead atoms. The standard InChI is InChI=1S/C47H31NO2/c1-47(2)39-16-8-5-13-33(39)34-23-21-32(27-40(34)47)48(30-20-19-28-11-3-4-12-29(28)25-30)31-22-24-35-38(26-31)45-44(37-15-7-10-18-42(37)49-45)46-43(35)36-14-6-9-17-41(36)50-46/h3-27H,1-2H3. The van der Waals surface area contributed by atoms with Gasteiger partial charge in [-0.3, -0.25) is 0 Å². The molecule has 0 unspecified atom stereocenters. The summed E-state index contributed by atoms with van der Waals surface area (Å²) in [6.45, 7) is 4.69. The fraction of sp³-hybridized carbons (Fsp3) is 0.0638. The summed E-state index contributed by atoms with van der Waals surface area (Å²) in [5.74, 6) is 0. The van der Waals surface area contributed by atoms with Crippen LogP contribution >= 0.6 is 0 Å². The van der Waals surface area contributed by atoms with E-state index in [1.54, 1.807) is 0 Å². The molecule has 2 aromatic heterocycles. The summed E-state index contributed by atoms with van der Waals surface area (Å²) in [6.07, 6.45) is 0. The molecule has 10 aromatic rings. The van der Waals surface area contributed by atoms with Crippen LogP contribution in [-0.2, 0) is 5.41 Å². The first-order valence-corrected chi connectivity index (χ1v) is 17.3. The third-order valence-electron chi connectivity index (χ3n) is 11.0. The van der Waals surface area contributed by atoms with Gasteiger partial charge in [-0.25, -0.2) is 0 Å². The summed E-state index contributed by atoms with van der Waals surface area (Å²) >= 11 is 0. The molecule has 236 valence electrons. The zero-order chi connectivity index (χ0) is 33.1. The number of anilines is 3. The van der Waals surface area contributed by atoms with E-state index in [0.717, 1.165) is 71.7 Å². The molecule has 3 nitrogen and oxygen atoms in total. The highest BCUT2D eigenvalue weighted by Crippen LogP contribution is 2.51. The predicted octanol–water partition coefficient (Wildman–Crippen LogP) is 13.6. The first-order valence-electron chi connectivity index (χ1n) is 17.3. The lowest BCUT2D eigenvalue weighted by Gasteiger charge is -2.28. The van der Waals surface area contributed by atoms with Gasteiger partial charge in [0.1, 0.15) is 22.3 Å². The van der Waals surface area contributed by atoms with E-state index < -0.39 is 0 Å². The van der Waals surface area contributed by atoms with E-state index in [4.69, 9.17) is 8.83 Å². The molecule has 50 heavy (non-hydrogen) atoms. The van der Waals surface area contributed by atoms with Gasteiger partial charge in [0.15, 0.2) is 0 Å². The van der Waals surface area contributed by atoms with E-state index >= 15 is 0 Å². The van der Waals surface area contributed by atoms with Crippen LogP contribution in [0.4, 0.5) is 17.1 Å². The summed E-state index contributed by atoms with van der Waals surface area (Å²) < 4.78 is 13.3. The van der Waals surface area contributed by atoms with Gasteiger partial charge >= 0.3 is 0 Å². The van der Waals surface area contributed by atoms with E-state index in [9.17, 15) is 0 Å². The molecule has 8 aromatic carbocycles. The highest BCUT2D eigenvalue weighted by atomic mass is 16.3. The molecular formula is C47H31NO2.